The van der Waals surface area contributed by atoms with Crippen molar-refractivity contribution in [2.75, 3.05) is 4.90 Å². The smallest absolute Gasteiger partial charge is 0.265 e. The van der Waals surface area contributed by atoms with Crippen LogP contribution >= 0.6 is 0 Å². The summed E-state index contributed by atoms with van der Waals surface area (Å²) in [5, 5.41) is 0. The third-order valence-corrected chi connectivity index (χ3v) is 4.49. The molecule has 0 unspecified atom stereocenters. The second-order valence-corrected chi connectivity index (χ2v) is 6.20. The van der Waals surface area contributed by atoms with E-state index in [2.05, 4.69) is 12.1 Å². The molecule has 0 aromatic heterocycles. The number of hydrogen-bond acceptors (Lipinski definition) is 2. The Bertz CT molecular complexity index is 930. The molecule has 3 aromatic carbocycles. The van der Waals surface area contributed by atoms with E-state index in [1.165, 1.54) is 10.5 Å². The molecule has 4 rings (SSSR count). The lowest BCUT2D eigenvalue weighted by Gasteiger charge is -2.26. The van der Waals surface area contributed by atoms with Gasteiger partial charge in [-0.25, -0.2) is 4.90 Å². The highest BCUT2D eigenvalue weighted by atomic mass is 16.2. The molecule has 2 amide bonds. The molecule has 0 bridgehead atoms. The molecule has 0 fully saturated rings. The average Bonchev–Trinajstić information content (AvgIpc) is 2.64. The van der Waals surface area contributed by atoms with Gasteiger partial charge in [-0.3, -0.25) is 9.59 Å². The summed E-state index contributed by atoms with van der Waals surface area (Å²) in [4.78, 5) is 26.4. The first kappa shape index (κ1) is 15.3. The van der Waals surface area contributed by atoms with Gasteiger partial charge < -0.3 is 0 Å². The number of rotatable bonds is 3. The summed E-state index contributed by atoms with van der Waals surface area (Å²) in [6.45, 7) is 0. The van der Waals surface area contributed by atoms with Crippen LogP contribution in [0.5, 0.6) is 0 Å². The monoisotopic (exact) mass is 327 g/mol. The Morgan fingerprint density at radius 1 is 0.720 bits per heavy atom. The average molecular weight is 327 g/mol. The van der Waals surface area contributed by atoms with Crippen molar-refractivity contribution < 1.29 is 9.59 Å². The maximum absolute atomic E-state index is 12.7. The van der Waals surface area contributed by atoms with Crippen molar-refractivity contribution in [2.45, 2.75) is 12.8 Å². The molecule has 0 spiro atoms. The lowest BCUT2D eigenvalue weighted by molar-refractivity contribution is -0.117. The summed E-state index contributed by atoms with van der Waals surface area (Å²) in [5.41, 5.74) is 4.41. The Kier molecular flexibility index (Phi) is 3.90. The number of hydrogen-bond donors (Lipinski definition) is 0. The van der Waals surface area contributed by atoms with Crippen LogP contribution in [0.2, 0.25) is 0 Å². The maximum atomic E-state index is 12.7. The van der Waals surface area contributed by atoms with Crippen molar-refractivity contribution in [2.24, 2.45) is 0 Å². The zero-order valence-electron chi connectivity index (χ0n) is 13.7. The van der Waals surface area contributed by atoms with Gasteiger partial charge in [0.25, 0.3) is 5.91 Å². The van der Waals surface area contributed by atoms with Crippen LogP contribution in [0.1, 0.15) is 27.0 Å². The van der Waals surface area contributed by atoms with E-state index in [0.717, 1.165) is 17.5 Å². The number of fused-ring (bicyclic) bond motifs is 1. The Morgan fingerprint density at radius 3 is 2.12 bits per heavy atom. The summed E-state index contributed by atoms with van der Waals surface area (Å²) < 4.78 is 0. The van der Waals surface area contributed by atoms with Gasteiger partial charge in [0.05, 0.1) is 12.1 Å². The van der Waals surface area contributed by atoms with Crippen LogP contribution in [0, 0.1) is 0 Å². The fourth-order valence-electron chi connectivity index (χ4n) is 3.21. The van der Waals surface area contributed by atoms with Gasteiger partial charge in [-0.05, 0) is 41.3 Å². The Hall–Kier alpha value is -3.20. The minimum atomic E-state index is -0.248. The molecule has 25 heavy (non-hydrogen) atoms. The number of imide groups is 1. The number of carbonyl (C=O) groups is 2. The predicted octanol–water partition coefficient (Wildman–Crippen LogP) is 4.01. The molecule has 122 valence electrons. The molecule has 0 saturated heterocycles. The highest BCUT2D eigenvalue weighted by Gasteiger charge is 2.31. The van der Waals surface area contributed by atoms with Gasteiger partial charge in [0.1, 0.15) is 0 Å². The molecule has 3 nitrogen and oxygen atoms in total. The van der Waals surface area contributed by atoms with E-state index < -0.39 is 0 Å². The van der Waals surface area contributed by atoms with Crippen LogP contribution in [-0.2, 0) is 17.6 Å². The van der Waals surface area contributed by atoms with Crippen molar-refractivity contribution in [3.05, 3.63) is 101 Å². The van der Waals surface area contributed by atoms with Gasteiger partial charge in [0, 0.05) is 5.56 Å². The minimum Gasteiger partial charge on any atom is -0.274 e. The molecule has 0 N–H and O–H groups in total. The lowest BCUT2D eigenvalue weighted by Crippen LogP contribution is -2.42. The van der Waals surface area contributed by atoms with Crippen LogP contribution in [0.25, 0.3) is 0 Å². The summed E-state index contributed by atoms with van der Waals surface area (Å²) in [7, 11) is 0. The van der Waals surface area contributed by atoms with E-state index in [4.69, 9.17) is 0 Å². The van der Waals surface area contributed by atoms with E-state index in [9.17, 15) is 9.59 Å². The standard InChI is InChI=1S/C22H17NO2/c24-21-15-18-8-4-5-9-20(18)22(25)23(21)19-12-10-17(11-13-19)14-16-6-2-1-3-7-16/h1-13H,14-15H2. The zero-order chi connectivity index (χ0) is 17.2. The van der Waals surface area contributed by atoms with E-state index in [1.807, 2.05) is 60.7 Å². The topological polar surface area (TPSA) is 37.4 Å². The van der Waals surface area contributed by atoms with Crippen molar-refractivity contribution in [1.29, 1.82) is 0 Å². The number of anilines is 1. The molecule has 0 radical (unpaired) electrons. The zero-order valence-corrected chi connectivity index (χ0v) is 13.7. The summed E-state index contributed by atoms with van der Waals surface area (Å²) in [5.74, 6) is -0.429. The SMILES string of the molecule is O=C1Cc2ccccc2C(=O)N1c1ccc(Cc2ccccc2)cc1. The van der Waals surface area contributed by atoms with Crippen molar-refractivity contribution >= 4 is 17.5 Å². The Morgan fingerprint density at radius 2 is 1.36 bits per heavy atom. The molecule has 0 saturated carbocycles. The maximum Gasteiger partial charge on any atom is 0.265 e. The third kappa shape index (κ3) is 2.96. The van der Waals surface area contributed by atoms with Gasteiger partial charge in [-0.2, -0.15) is 0 Å². The Balaban J connectivity index is 1.60. The third-order valence-electron chi connectivity index (χ3n) is 4.49. The number of amides is 2. The first-order valence-corrected chi connectivity index (χ1v) is 8.30. The molecule has 1 aliphatic heterocycles. The molecular formula is C22H17NO2. The predicted molar refractivity (Wildman–Crippen MR) is 97.7 cm³/mol. The molecule has 1 heterocycles. The second-order valence-electron chi connectivity index (χ2n) is 6.20. The van der Waals surface area contributed by atoms with Gasteiger partial charge in [0.2, 0.25) is 5.91 Å². The van der Waals surface area contributed by atoms with Gasteiger partial charge >= 0.3 is 0 Å². The number of carbonyl (C=O) groups excluding carboxylic acids is 2. The van der Waals surface area contributed by atoms with Gasteiger partial charge in [-0.15, -0.1) is 0 Å². The van der Waals surface area contributed by atoms with Crippen LogP contribution in [0.15, 0.2) is 78.9 Å². The molecule has 3 aromatic rings. The number of benzene rings is 3. The molecule has 3 heteroatoms. The highest BCUT2D eigenvalue weighted by molar-refractivity contribution is 6.24. The van der Waals surface area contributed by atoms with Gasteiger partial charge in [0.15, 0.2) is 0 Å². The highest BCUT2D eigenvalue weighted by Crippen LogP contribution is 2.26. The van der Waals surface area contributed by atoms with Crippen LogP contribution in [0.3, 0.4) is 0 Å². The summed E-state index contributed by atoms with van der Waals surface area (Å²) >= 11 is 0. The largest absolute Gasteiger partial charge is 0.274 e. The summed E-state index contributed by atoms with van der Waals surface area (Å²) in [6.07, 6.45) is 1.08. The van der Waals surface area contributed by atoms with E-state index in [1.54, 1.807) is 6.07 Å². The van der Waals surface area contributed by atoms with Crippen LogP contribution < -0.4 is 4.90 Å². The van der Waals surface area contributed by atoms with Crippen molar-refractivity contribution in [3.8, 4) is 0 Å². The summed E-state index contributed by atoms with van der Waals surface area (Å²) in [6, 6.07) is 25.2. The normalized spacial score (nSPS) is 13.7. The molecule has 0 aliphatic carbocycles. The van der Waals surface area contributed by atoms with E-state index >= 15 is 0 Å². The molecule has 1 aliphatic rings. The fourth-order valence-corrected chi connectivity index (χ4v) is 3.21. The van der Waals surface area contributed by atoms with E-state index in [-0.39, 0.29) is 18.2 Å². The minimum absolute atomic E-state index is 0.181. The van der Waals surface area contributed by atoms with Crippen molar-refractivity contribution in [1.82, 2.24) is 0 Å². The Labute approximate surface area is 146 Å². The lowest BCUT2D eigenvalue weighted by atomic mass is 9.97. The molecular weight excluding hydrogens is 310 g/mol. The fraction of sp³-hybridized carbons (Fsp3) is 0.0909. The van der Waals surface area contributed by atoms with Crippen LogP contribution in [0.4, 0.5) is 5.69 Å². The quantitative estimate of drug-likeness (QED) is 0.682. The van der Waals surface area contributed by atoms with Crippen molar-refractivity contribution in [3.63, 3.8) is 0 Å². The van der Waals surface area contributed by atoms with E-state index in [0.29, 0.717) is 11.3 Å². The first-order valence-electron chi connectivity index (χ1n) is 8.30. The van der Waals surface area contributed by atoms with Crippen LogP contribution in [-0.4, -0.2) is 11.8 Å². The second kappa shape index (κ2) is 6.36. The van der Waals surface area contributed by atoms with Gasteiger partial charge in [-0.1, -0.05) is 60.7 Å². The number of nitrogens with zero attached hydrogens (tertiary/aromatic N) is 1. The first-order chi connectivity index (χ1) is 12.2. The molecule has 0 atom stereocenters.